The van der Waals surface area contributed by atoms with Crippen molar-refractivity contribution in [2.24, 2.45) is 5.73 Å². The molecule has 0 saturated carbocycles. The molecule has 1 unspecified atom stereocenters. The van der Waals surface area contributed by atoms with E-state index in [9.17, 15) is 9.18 Å². The number of carbonyl (C=O) groups is 1. The maximum atomic E-state index is 13.9. The van der Waals surface area contributed by atoms with Crippen molar-refractivity contribution in [1.82, 2.24) is 4.90 Å². The summed E-state index contributed by atoms with van der Waals surface area (Å²) in [5, 5.41) is 0. The first-order valence-corrected chi connectivity index (χ1v) is 7.27. The average Bonchev–Trinajstić information content (AvgIpc) is 2.79. The SMILES string of the molecule is COCC1(C(N)=O)CCCN1Cc1c(F)cccc1Br. The molecule has 1 aliphatic heterocycles. The normalized spacial score (nSPS) is 23.1. The minimum absolute atomic E-state index is 0.231. The van der Waals surface area contributed by atoms with E-state index in [0.29, 0.717) is 29.5 Å². The zero-order chi connectivity index (χ0) is 14.8. The zero-order valence-corrected chi connectivity index (χ0v) is 13.0. The van der Waals surface area contributed by atoms with Crippen molar-refractivity contribution in [1.29, 1.82) is 0 Å². The van der Waals surface area contributed by atoms with Gasteiger partial charge in [-0.2, -0.15) is 0 Å². The second-order valence-corrected chi connectivity index (χ2v) is 5.91. The van der Waals surface area contributed by atoms with Crippen LogP contribution in [0.3, 0.4) is 0 Å². The topological polar surface area (TPSA) is 55.6 Å². The molecule has 1 amide bonds. The molecule has 1 aromatic rings. The molecule has 1 fully saturated rings. The Labute approximate surface area is 126 Å². The van der Waals surface area contributed by atoms with Crippen LogP contribution >= 0.6 is 15.9 Å². The number of amides is 1. The Hall–Kier alpha value is -0.980. The van der Waals surface area contributed by atoms with Crippen molar-refractivity contribution < 1.29 is 13.9 Å². The molecule has 0 radical (unpaired) electrons. The highest BCUT2D eigenvalue weighted by Crippen LogP contribution is 2.33. The van der Waals surface area contributed by atoms with Gasteiger partial charge in [0.1, 0.15) is 11.4 Å². The Morgan fingerprint density at radius 2 is 2.35 bits per heavy atom. The van der Waals surface area contributed by atoms with Crippen molar-refractivity contribution in [3.05, 3.63) is 34.1 Å². The fourth-order valence-electron chi connectivity index (χ4n) is 2.79. The third-order valence-electron chi connectivity index (χ3n) is 3.88. The molecule has 1 heterocycles. The predicted molar refractivity (Wildman–Crippen MR) is 77.5 cm³/mol. The van der Waals surface area contributed by atoms with E-state index in [1.165, 1.54) is 6.07 Å². The number of hydrogen-bond donors (Lipinski definition) is 1. The first-order chi connectivity index (χ1) is 9.51. The number of carbonyl (C=O) groups excluding carboxylic acids is 1. The lowest BCUT2D eigenvalue weighted by molar-refractivity contribution is -0.132. The number of primary amides is 1. The summed E-state index contributed by atoms with van der Waals surface area (Å²) >= 11 is 3.35. The van der Waals surface area contributed by atoms with Crippen LogP contribution in [0.1, 0.15) is 18.4 Å². The number of methoxy groups -OCH3 is 1. The summed E-state index contributed by atoms with van der Waals surface area (Å²) in [7, 11) is 1.54. The number of nitrogens with zero attached hydrogens (tertiary/aromatic N) is 1. The van der Waals surface area contributed by atoms with Crippen LogP contribution in [-0.4, -0.2) is 36.6 Å². The molecular formula is C14H18BrFN2O2. The van der Waals surface area contributed by atoms with Gasteiger partial charge in [0, 0.05) is 23.7 Å². The van der Waals surface area contributed by atoms with E-state index in [-0.39, 0.29) is 12.4 Å². The molecule has 2 rings (SSSR count). The van der Waals surface area contributed by atoms with E-state index in [1.54, 1.807) is 19.2 Å². The Balaban J connectivity index is 2.29. The molecule has 0 aromatic heterocycles. The molecule has 20 heavy (non-hydrogen) atoms. The van der Waals surface area contributed by atoms with Crippen LogP contribution in [0.4, 0.5) is 4.39 Å². The summed E-state index contributed by atoms with van der Waals surface area (Å²) in [5.74, 6) is -0.702. The summed E-state index contributed by atoms with van der Waals surface area (Å²) in [6, 6.07) is 4.85. The summed E-state index contributed by atoms with van der Waals surface area (Å²) in [4.78, 5) is 13.8. The number of halogens is 2. The molecule has 4 nitrogen and oxygen atoms in total. The number of ether oxygens (including phenoxy) is 1. The zero-order valence-electron chi connectivity index (χ0n) is 11.4. The Morgan fingerprint density at radius 3 is 2.95 bits per heavy atom. The van der Waals surface area contributed by atoms with E-state index in [1.807, 2.05) is 4.90 Å². The first kappa shape index (κ1) is 15.4. The Morgan fingerprint density at radius 1 is 1.60 bits per heavy atom. The largest absolute Gasteiger partial charge is 0.382 e. The van der Waals surface area contributed by atoms with Crippen molar-refractivity contribution in [2.45, 2.75) is 24.9 Å². The van der Waals surface area contributed by atoms with Crippen LogP contribution in [0.25, 0.3) is 0 Å². The molecule has 2 N–H and O–H groups in total. The van der Waals surface area contributed by atoms with E-state index in [2.05, 4.69) is 15.9 Å². The van der Waals surface area contributed by atoms with Crippen molar-refractivity contribution in [3.8, 4) is 0 Å². The molecule has 110 valence electrons. The number of benzene rings is 1. The molecule has 1 atom stereocenters. The lowest BCUT2D eigenvalue weighted by Crippen LogP contribution is -2.56. The molecule has 0 bridgehead atoms. The smallest absolute Gasteiger partial charge is 0.240 e. The second-order valence-electron chi connectivity index (χ2n) is 5.05. The van der Waals surface area contributed by atoms with E-state index in [0.717, 1.165) is 6.42 Å². The lowest BCUT2D eigenvalue weighted by atomic mass is 9.95. The molecule has 1 saturated heterocycles. The highest BCUT2D eigenvalue weighted by atomic mass is 79.9. The molecule has 1 aliphatic rings. The second kappa shape index (κ2) is 6.20. The van der Waals surface area contributed by atoms with Gasteiger partial charge in [-0.1, -0.05) is 22.0 Å². The highest BCUT2D eigenvalue weighted by Gasteiger charge is 2.46. The average molecular weight is 345 g/mol. The van der Waals surface area contributed by atoms with E-state index in [4.69, 9.17) is 10.5 Å². The van der Waals surface area contributed by atoms with Gasteiger partial charge in [0.05, 0.1) is 6.61 Å². The number of hydrogen-bond acceptors (Lipinski definition) is 3. The number of nitrogens with two attached hydrogens (primary N) is 1. The van der Waals surface area contributed by atoms with Crippen LogP contribution in [0.15, 0.2) is 22.7 Å². The Kier molecular flexibility index (Phi) is 4.78. The van der Waals surface area contributed by atoms with Gasteiger partial charge >= 0.3 is 0 Å². The van der Waals surface area contributed by atoms with E-state index >= 15 is 0 Å². The molecule has 1 aromatic carbocycles. The molecule has 0 spiro atoms. The molecule has 6 heteroatoms. The standard InChI is InChI=1S/C14H18BrFN2O2/c1-20-9-14(13(17)19)6-3-7-18(14)8-10-11(15)4-2-5-12(10)16/h2,4-5H,3,6-9H2,1H3,(H2,17,19). The highest BCUT2D eigenvalue weighted by molar-refractivity contribution is 9.10. The summed E-state index contributed by atoms with van der Waals surface area (Å²) in [5.41, 5.74) is 5.27. The van der Waals surface area contributed by atoms with Crippen LogP contribution in [0.5, 0.6) is 0 Å². The number of likely N-dealkylation sites (tertiary alicyclic amines) is 1. The quantitative estimate of drug-likeness (QED) is 0.889. The minimum atomic E-state index is -0.837. The van der Waals surface area contributed by atoms with E-state index < -0.39 is 11.4 Å². The minimum Gasteiger partial charge on any atom is -0.382 e. The Bertz CT molecular complexity index is 492. The third-order valence-corrected chi connectivity index (χ3v) is 4.62. The molecular weight excluding hydrogens is 327 g/mol. The van der Waals surface area contributed by atoms with Gasteiger partial charge in [-0.15, -0.1) is 0 Å². The van der Waals surface area contributed by atoms with Gasteiger partial charge in [-0.3, -0.25) is 9.69 Å². The summed E-state index contributed by atoms with van der Waals surface area (Å²) < 4.78 is 19.8. The van der Waals surface area contributed by atoms with Crippen molar-refractivity contribution >= 4 is 21.8 Å². The van der Waals surface area contributed by atoms with Gasteiger partial charge in [-0.25, -0.2) is 4.39 Å². The third kappa shape index (κ3) is 2.73. The predicted octanol–water partition coefficient (Wildman–Crippen LogP) is 2.05. The molecule has 0 aliphatic carbocycles. The van der Waals surface area contributed by atoms with Crippen molar-refractivity contribution in [3.63, 3.8) is 0 Å². The fraction of sp³-hybridized carbons (Fsp3) is 0.500. The van der Waals surface area contributed by atoms with Gasteiger partial charge < -0.3 is 10.5 Å². The van der Waals surface area contributed by atoms with Gasteiger partial charge in [0.25, 0.3) is 0 Å². The maximum Gasteiger partial charge on any atom is 0.240 e. The summed E-state index contributed by atoms with van der Waals surface area (Å²) in [6.07, 6.45) is 1.49. The van der Waals surface area contributed by atoms with Crippen LogP contribution < -0.4 is 5.73 Å². The lowest BCUT2D eigenvalue weighted by Gasteiger charge is -2.35. The van der Waals surface area contributed by atoms with Gasteiger partial charge in [0.15, 0.2) is 0 Å². The monoisotopic (exact) mass is 344 g/mol. The maximum absolute atomic E-state index is 13.9. The van der Waals surface area contributed by atoms with Crippen LogP contribution in [0, 0.1) is 5.82 Å². The fourth-order valence-corrected chi connectivity index (χ4v) is 3.26. The summed E-state index contributed by atoms with van der Waals surface area (Å²) in [6.45, 7) is 1.26. The first-order valence-electron chi connectivity index (χ1n) is 6.48. The van der Waals surface area contributed by atoms with Crippen LogP contribution in [0.2, 0.25) is 0 Å². The van der Waals surface area contributed by atoms with Crippen molar-refractivity contribution in [2.75, 3.05) is 20.3 Å². The van der Waals surface area contributed by atoms with Crippen LogP contribution in [-0.2, 0) is 16.1 Å². The van der Waals surface area contributed by atoms with Gasteiger partial charge in [0.2, 0.25) is 5.91 Å². The van der Waals surface area contributed by atoms with Gasteiger partial charge in [-0.05, 0) is 31.5 Å². The number of rotatable bonds is 5.